The minimum Gasteiger partial charge on any atom is -0.466 e. The number of ether oxygens (including phenoxy) is 1. The summed E-state index contributed by atoms with van der Waals surface area (Å²) in [6.45, 7) is 3.64. The van der Waals surface area contributed by atoms with Crippen molar-refractivity contribution in [2.75, 3.05) is 6.61 Å². The first-order valence-electron chi connectivity index (χ1n) is 5.74. The number of Topliss-reactive ketones (excluding diaryl/α,β-unsaturated/α-hetero) is 1. The fourth-order valence-corrected chi connectivity index (χ4v) is 1.38. The molecule has 0 aromatic carbocycles. The molecule has 6 nitrogen and oxygen atoms in total. The molecule has 1 rings (SSSR count). The van der Waals surface area contributed by atoms with Gasteiger partial charge in [-0.3, -0.25) is 14.2 Å². The van der Waals surface area contributed by atoms with Gasteiger partial charge in [-0.15, -0.1) is 0 Å². The lowest BCUT2D eigenvalue weighted by molar-refractivity contribution is -0.144. The summed E-state index contributed by atoms with van der Waals surface area (Å²) in [5.74, 6) is -0.601. The van der Waals surface area contributed by atoms with Crippen molar-refractivity contribution in [3.05, 3.63) is 28.4 Å². The van der Waals surface area contributed by atoms with Crippen LogP contribution in [-0.4, -0.2) is 27.9 Å². The molecule has 0 amide bonds. The van der Waals surface area contributed by atoms with Gasteiger partial charge in [0.15, 0.2) is 5.78 Å². The van der Waals surface area contributed by atoms with Crippen LogP contribution in [0.1, 0.15) is 25.5 Å². The van der Waals surface area contributed by atoms with Crippen molar-refractivity contribution in [2.24, 2.45) is 0 Å². The van der Waals surface area contributed by atoms with Crippen LogP contribution in [0.2, 0.25) is 0 Å². The Hall–Kier alpha value is -1.98. The van der Waals surface area contributed by atoms with Crippen molar-refractivity contribution < 1.29 is 14.3 Å². The summed E-state index contributed by atoms with van der Waals surface area (Å²) in [6, 6.07) is 1.65. The number of aryl methyl sites for hydroxylation is 1. The van der Waals surface area contributed by atoms with Crippen molar-refractivity contribution in [1.82, 2.24) is 9.55 Å². The largest absolute Gasteiger partial charge is 0.466 e. The average molecular weight is 252 g/mol. The molecular weight excluding hydrogens is 236 g/mol. The number of carbonyl (C=O) groups excluding carboxylic acids is 2. The van der Waals surface area contributed by atoms with Gasteiger partial charge in [-0.2, -0.15) is 4.98 Å². The van der Waals surface area contributed by atoms with E-state index in [-0.39, 0.29) is 25.2 Å². The van der Waals surface area contributed by atoms with E-state index in [1.54, 1.807) is 19.9 Å². The normalized spacial score (nSPS) is 10.1. The highest BCUT2D eigenvalue weighted by Crippen LogP contribution is 1.97. The van der Waals surface area contributed by atoms with Crippen LogP contribution in [0.3, 0.4) is 0 Å². The van der Waals surface area contributed by atoms with Gasteiger partial charge in [0.2, 0.25) is 0 Å². The minimum absolute atomic E-state index is 0.0424. The highest BCUT2D eigenvalue weighted by Gasteiger charge is 2.09. The van der Waals surface area contributed by atoms with Crippen LogP contribution in [0.5, 0.6) is 0 Å². The van der Waals surface area contributed by atoms with Crippen molar-refractivity contribution in [3.63, 3.8) is 0 Å². The fraction of sp³-hybridized carbons (Fsp3) is 0.500. The van der Waals surface area contributed by atoms with Gasteiger partial charge in [-0.05, 0) is 19.9 Å². The summed E-state index contributed by atoms with van der Waals surface area (Å²) >= 11 is 0. The molecule has 0 N–H and O–H groups in total. The van der Waals surface area contributed by atoms with Gasteiger partial charge < -0.3 is 4.74 Å². The second kappa shape index (κ2) is 6.68. The second-order valence-corrected chi connectivity index (χ2v) is 3.82. The Morgan fingerprint density at radius 2 is 2.11 bits per heavy atom. The Morgan fingerprint density at radius 1 is 1.39 bits per heavy atom. The van der Waals surface area contributed by atoms with Gasteiger partial charge in [-0.25, -0.2) is 4.79 Å². The molecule has 0 atom stereocenters. The monoisotopic (exact) mass is 252 g/mol. The lowest BCUT2D eigenvalue weighted by Crippen LogP contribution is -2.26. The van der Waals surface area contributed by atoms with E-state index in [0.29, 0.717) is 12.3 Å². The summed E-state index contributed by atoms with van der Waals surface area (Å²) in [5.41, 5.74) is 0.148. The molecule has 0 aliphatic heterocycles. The highest BCUT2D eigenvalue weighted by molar-refractivity contribution is 5.82. The van der Waals surface area contributed by atoms with Crippen LogP contribution in [0.15, 0.2) is 17.1 Å². The molecule has 0 saturated carbocycles. The second-order valence-electron chi connectivity index (χ2n) is 3.82. The van der Waals surface area contributed by atoms with Gasteiger partial charge in [0.25, 0.3) is 0 Å². The summed E-state index contributed by atoms with van der Waals surface area (Å²) < 4.78 is 5.93. The van der Waals surface area contributed by atoms with Gasteiger partial charge >= 0.3 is 11.7 Å². The number of carbonyl (C=O) groups is 2. The van der Waals surface area contributed by atoms with Crippen molar-refractivity contribution in [2.45, 2.75) is 33.2 Å². The molecule has 0 spiro atoms. The van der Waals surface area contributed by atoms with Crippen LogP contribution in [0, 0.1) is 6.92 Å². The van der Waals surface area contributed by atoms with Crippen LogP contribution >= 0.6 is 0 Å². The van der Waals surface area contributed by atoms with Crippen molar-refractivity contribution in [1.29, 1.82) is 0 Å². The molecule has 0 radical (unpaired) electrons. The first kappa shape index (κ1) is 14.1. The van der Waals surface area contributed by atoms with E-state index < -0.39 is 11.7 Å². The number of rotatable bonds is 6. The first-order valence-corrected chi connectivity index (χ1v) is 5.74. The fourth-order valence-electron chi connectivity index (χ4n) is 1.38. The molecule has 0 aliphatic carbocycles. The number of ketones is 1. The minimum atomic E-state index is -0.459. The number of nitrogens with zero attached hydrogens (tertiary/aromatic N) is 2. The van der Waals surface area contributed by atoms with Crippen LogP contribution in [0.4, 0.5) is 0 Å². The average Bonchev–Trinajstić information content (AvgIpc) is 2.31. The third-order valence-electron chi connectivity index (χ3n) is 2.27. The Morgan fingerprint density at radius 3 is 2.72 bits per heavy atom. The maximum absolute atomic E-state index is 11.6. The molecule has 0 fully saturated rings. The Bertz CT molecular complexity index is 493. The third kappa shape index (κ3) is 4.48. The van der Waals surface area contributed by atoms with E-state index in [2.05, 4.69) is 4.98 Å². The zero-order chi connectivity index (χ0) is 13.5. The number of hydrogen-bond acceptors (Lipinski definition) is 5. The molecule has 18 heavy (non-hydrogen) atoms. The zero-order valence-corrected chi connectivity index (χ0v) is 10.5. The van der Waals surface area contributed by atoms with Gasteiger partial charge in [0.05, 0.1) is 19.6 Å². The maximum atomic E-state index is 11.6. The van der Waals surface area contributed by atoms with Gasteiger partial charge in [-0.1, -0.05) is 0 Å². The van der Waals surface area contributed by atoms with E-state index in [0.717, 1.165) is 0 Å². The van der Waals surface area contributed by atoms with Crippen LogP contribution in [0.25, 0.3) is 0 Å². The standard InChI is InChI=1S/C12H16N2O4/c1-3-18-11(16)5-4-10(15)8-14-7-6-9(2)13-12(14)17/h6-7H,3-5,8H2,1-2H3. The summed E-state index contributed by atoms with van der Waals surface area (Å²) in [6.07, 6.45) is 1.63. The zero-order valence-electron chi connectivity index (χ0n) is 10.5. The predicted molar refractivity (Wildman–Crippen MR) is 64.1 cm³/mol. The third-order valence-corrected chi connectivity index (χ3v) is 2.27. The van der Waals surface area contributed by atoms with E-state index in [9.17, 15) is 14.4 Å². The maximum Gasteiger partial charge on any atom is 0.348 e. The SMILES string of the molecule is CCOC(=O)CCC(=O)Cn1ccc(C)nc1=O. The highest BCUT2D eigenvalue weighted by atomic mass is 16.5. The Balaban J connectivity index is 2.50. The summed E-state index contributed by atoms with van der Waals surface area (Å²) in [5, 5.41) is 0. The lowest BCUT2D eigenvalue weighted by atomic mass is 10.2. The number of esters is 1. The molecule has 0 unspecified atom stereocenters. The van der Waals surface area contributed by atoms with E-state index in [4.69, 9.17) is 4.74 Å². The Kier molecular flexibility index (Phi) is 5.23. The molecule has 6 heteroatoms. The molecule has 1 aromatic rings. The van der Waals surface area contributed by atoms with E-state index in [1.165, 1.54) is 10.8 Å². The van der Waals surface area contributed by atoms with E-state index in [1.807, 2.05) is 0 Å². The molecule has 98 valence electrons. The van der Waals surface area contributed by atoms with Crippen molar-refractivity contribution in [3.8, 4) is 0 Å². The van der Waals surface area contributed by atoms with Crippen molar-refractivity contribution >= 4 is 11.8 Å². The smallest absolute Gasteiger partial charge is 0.348 e. The summed E-state index contributed by atoms with van der Waals surface area (Å²) in [7, 11) is 0. The summed E-state index contributed by atoms with van der Waals surface area (Å²) in [4.78, 5) is 37.8. The molecule has 0 aliphatic rings. The Labute approximate surface area is 105 Å². The number of hydrogen-bond donors (Lipinski definition) is 0. The molecule has 1 aromatic heterocycles. The molecular formula is C12H16N2O4. The predicted octanol–water partition coefficient (Wildman–Crippen LogP) is 0.464. The number of aromatic nitrogens is 2. The van der Waals surface area contributed by atoms with E-state index >= 15 is 0 Å². The molecule has 0 bridgehead atoms. The lowest BCUT2D eigenvalue weighted by Gasteiger charge is -2.04. The first-order chi connectivity index (χ1) is 8.52. The topological polar surface area (TPSA) is 78.3 Å². The van der Waals surface area contributed by atoms with Gasteiger partial charge in [0, 0.05) is 18.3 Å². The van der Waals surface area contributed by atoms with Gasteiger partial charge in [0.1, 0.15) is 0 Å². The quantitative estimate of drug-likeness (QED) is 0.687. The van der Waals surface area contributed by atoms with Crippen LogP contribution in [-0.2, 0) is 20.9 Å². The molecule has 1 heterocycles. The van der Waals surface area contributed by atoms with Crippen LogP contribution < -0.4 is 5.69 Å². The molecule has 0 saturated heterocycles.